The number of hydrogen-bond acceptors (Lipinski definition) is 2. The summed E-state index contributed by atoms with van der Waals surface area (Å²) < 4.78 is 5.54. The molecule has 0 radical (unpaired) electrons. The lowest BCUT2D eigenvalue weighted by molar-refractivity contribution is 0.0495. The number of rotatable bonds is 7. The van der Waals surface area contributed by atoms with E-state index in [1.165, 1.54) is 5.57 Å². The van der Waals surface area contributed by atoms with E-state index < -0.39 is 0 Å². The molecule has 0 aliphatic carbocycles. The van der Waals surface area contributed by atoms with Gasteiger partial charge in [0.15, 0.2) is 0 Å². The van der Waals surface area contributed by atoms with Crippen LogP contribution in [0.2, 0.25) is 0 Å². The first kappa shape index (κ1) is 12.7. The first-order valence-electron chi connectivity index (χ1n) is 5.11. The Bertz CT molecular complexity index is 145. The zero-order valence-electron chi connectivity index (χ0n) is 9.39. The summed E-state index contributed by atoms with van der Waals surface area (Å²) in [6.07, 6.45) is 2.32. The highest BCUT2D eigenvalue weighted by Crippen LogP contribution is 2.11. The zero-order chi connectivity index (χ0) is 10.3. The van der Waals surface area contributed by atoms with Crippen molar-refractivity contribution < 1.29 is 4.74 Å². The van der Waals surface area contributed by atoms with E-state index in [1.807, 2.05) is 14.0 Å². The Balaban J connectivity index is 3.93. The molecule has 0 fully saturated rings. The molecular weight excluding hydrogens is 162 g/mol. The summed E-state index contributed by atoms with van der Waals surface area (Å²) in [6.45, 7) is 11.1. The second-order valence-corrected chi connectivity index (χ2v) is 3.36. The third-order valence-corrected chi connectivity index (χ3v) is 2.38. The molecule has 0 saturated heterocycles. The van der Waals surface area contributed by atoms with Gasteiger partial charge in [-0.15, -0.1) is 0 Å². The van der Waals surface area contributed by atoms with Gasteiger partial charge in [-0.1, -0.05) is 19.1 Å². The molecule has 0 bridgehead atoms. The Morgan fingerprint density at radius 1 is 1.46 bits per heavy atom. The van der Waals surface area contributed by atoms with E-state index in [2.05, 4.69) is 25.7 Å². The fourth-order valence-electron chi connectivity index (χ4n) is 1.34. The Hall–Kier alpha value is -0.340. The van der Waals surface area contributed by atoms with E-state index in [4.69, 9.17) is 4.74 Å². The summed E-state index contributed by atoms with van der Waals surface area (Å²) in [7, 11) is 1.98. The highest BCUT2D eigenvalue weighted by atomic mass is 16.5. The minimum atomic E-state index is 0.262. The summed E-state index contributed by atoms with van der Waals surface area (Å²) >= 11 is 0. The van der Waals surface area contributed by atoms with Crippen LogP contribution in [0.5, 0.6) is 0 Å². The first-order valence-corrected chi connectivity index (χ1v) is 5.11. The van der Waals surface area contributed by atoms with Crippen LogP contribution in [0.3, 0.4) is 0 Å². The van der Waals surface area contributed by atoms with Gasteiger partial charge in [0.2, 0.25) is 0 Å². The number of hydrogen-bond donors (Lipinski definition) is 1. The number of nitrogens with one attached hydrogen (secondary N) is 1. The topological polar surface area (TPSA) is 21.3 Å². The van der Waals surface area contributed by atoms with Gasteiger partial charge in [0.25, 0.3) is 0 Å². The van der Waals surface area contributed by atoms with E-state index >= 15 is 0 Å². The Morgan fingerprint density at radius 3 is 2.46 bits per heavy atom. The lowest BCUT2D eigenvalue weighted by Crippen LogP contribution is -2.37. The molecule has 1 N–H and O–H groups in total. The zero-order valence-corrected chi connectivity index (χ0v) is 9.39. The molecule has 2 atom stereocenters. The minimum absolute atomic E-state index is 0.262. The molecule has 0 aliphatic rings. The quantitative estimate of drug-likeness (QED) is 0.615. The summed E-state index contributed by atoms with van der Waals surface area (Å²) in [5, 5.41) is 3.27. The Labute approximate surface area is 82.4 Å². The maximum Gasteiger partial charge on any atom is 0.0702 e. The van der Waals surface area contributed by atoms with Crippen LogP contribution in [0.4, 0.5) is 0 Å². The van der Waals surface area contributed by atoms with Gasteiger partial charge in [0, 0.05) is 12.6 Å². The fraction of sp³-hybridized carbons (Fsp3) is 0.818. The molecule has 0 rings (SSSR count). The monoisotopic (exact) mass is 185 g/mol. The van der Waals surface area contributed by atoms with Gasteiger partial charge in [-0.2, -0.15) is 0 Å². The van der Waals surface area contributed by atoms with Crippen molar-refractivity contribution in [1.82, 2.24) is 5.32 Å². The van der Waals surface area contributed by atoms with Crippen molar-refractivity contribution in [3.8, 4) is 0 Å². The largest absolute Gasteiger partial charge is 0.377 e. The second kappa shape index (κ2) is 7.10. The molecule has 0 spiro atoms. The van der Waals surface area contributed by atoms with Crippen LogP contribution in [0.25, 0.3) is 0 Å². The molecule has 0 heterocycles. The van der Waals surface area contributed by atoms with Gasteiger partial charge in [0.1, 0.15) is 0 Å². The molecule has 2 heteroatoms. The lowest BCUT2D eigenvalue weighted by atomic mass is 10.0. The van der Waals surface area contributed by atoms with E-state index in [0.29, 0.717) is 6.04 Å². The van der Waals surface area contributed by atoms with Crippen molar-refractivity contribution in [3.05, 3.63) is 12.2 Å². The lowest BCUT2D eigenvalue weighted by Gasteiger charge is -2.24. The summed E-state index contributed by atoms with van der Waals surface area (Å²) in [4.78, 5) is 0. The first-order chi connectivity index (χ1) is 6.15. The Morgan fingerprint density at radius 2 is 2.08 bits per heavy atom. The summed E-state index contributed by atoms with van der Waals surface area (Å²) in [5.74, 6) is 0. The molecule has 0 aromatic rings. The molecule has 0 saturated carbocycles. The van der Waals surface area contributed by atoms with E-state index in [-0.39, 0.29) is 6.10 Å². The van der Waals surface area contributed by atoms with Crippen LogP contribution < -0.4 is 5.32 Å². The average Bonchev–Trinajstić information content (AvgIpc) is 2.14. The molecule has 0 aliphatic heterocycles. The van der Waals surface area contributed by atoms with Crippen molar-refractivity contribution in [3.63, 3.8) is 0 Å². The van der Waals surface area contributed by atoms with E-state index in [9.17, 15) is 0 Å². The van der Waals surface area contributed by atoms with Gasteiger partial charge in [-0.3, -0.25) is 0 Å². The molecular formula is C11H23NO. The van der Waals surface area contributed by atoms with Crippen molar-refractivity contribution in [2.24, 2.45) is 0 Å². The highest BCUT2D eigenvalue weighted by Gasteiger charge is 2.15. The SMILES string of the molecule is C=C(CC)CC(NC)C(C)OCC. The highest BCUT2D eigenvalue weighted by molar-refractivity contribution is 4.97. The second-order valence-electron chi connectivity index (χ2n) is 3.36. The molecule has 13 heavy (non-hydrogen) atoms. The standard InChI is InChI=1S/C11H23NO/c1-6-9(3)8-11(12-5)10(4)13-7-2/h10-12H,3,6-8H2,1-2,4-5H3. The van der Waals surface area contributed by atoms with Gasteiger partial charge in [-0.05, 0) is 33.7 Å². The summed E-state index contributed by atoms with van der Waals surface area (Å²) in [6, 6.07) is 0.396. The van der Waals surface area contributed by atoms with E-state index in [1.54, 1.807) is 0 Å². The predicted molar refractivity (Wildman–Crippen MR) is 58.0 cm³/mol. The minimum Gasteiger partial charge on any atom is -0.377 e. The molecule has 0 aromatic carbocycles. The van der Waals surface area contributed by atoms with E-state index in [0.717, 1.165) is 19.4 Å². The van der Waals surface area contributed by atoms with Gasteiger partial charge < -0.3 is 10.1 Å². The fourth-order valence-corrected chi connectivity index (χ4v) is 1.34. The average molecular weight is 185 g/mol. The van der Waals surface area contributed by atoms with Crippen molar-refractivity contribution >= 4 is 0 Å². The van der Waals surface area contributed by atoms with Crippen LogP contribution in [0.15, 0.2) is 12.2 Å². The van der Waals surface area contributed by atoms with Gasteiger partial charge >= 0.3 is 0 Å². The molecule has 0 aromatic heterocycles. The Kier molecular flexibility index (Phi) is 6.92. The number of likely N-dealkylation sites (N-methyl/N-ethyl adjacent to an activating group) is 1. The van der Waals surface area contributed by atoms with Crippen LogP contribution in [0.1, 0.15) is 33.6 Å². The smallest absolute Gasteiger partial charge is 0.0702 e. The van der Waals surface area contributed by atoms with Crippen LogP contribution in [-0.2, 0) is 4.74 Å². The molecule has 2 unspecified atom stereocenters. The molecule has 0 amide bonds. The predicted octanol–water partition coefficient (Wildman–Crippen LogP) is 2.36. The molecule has 2 nitrogen and oxygen atoms in total. The number of ether oxygens (including phenoxy) is 1. The maximum atomic E-state index is 5.54. The van der Waals surface area contributed by atoms with Crippen molar-refractivity contribution in [1.29, 1.82) is 0 Å². The van der Waals surface area contributed by atoms with Crippen LogP contribution in [-0.4, -0.2) is 25.8 Å². The van der Waals surface area contributed by atoms with Crippen LogP contribution >= 0.6 is 0 Å². The summed E-state index contributed by atoms with van der Waals surface area (Å²) in [5.41, 5.74) is 1.28. The molecule has 78 valence electrons. The van der Waals surface area contributed by atoms with Gasteiger partial charge in [0.05, 0.1) is 6.10 Å². The third-order valence-electron chi connectivity index (χ3n) is 2.38. The third kappa shape index (κ3) is 5.06. The normalized spacial score (nSPS) is 15.4. The van der Waals surface area contributed by atoms with Crippen molar-refractivity contribution in [2.45, 2.75) is 45.8 Å². The van der Waals surface area contributed by atoms with Gasteiger partial charge in [-0.25, -0.2) is 0 Å². The maximum absolute atomic E-state index is 5.54. The van der Waals surface area contributed by atoms with Crippen LogP contribution in [0, 0.1) is 0 Å². The van der Waals surface area contributed by atoms with Crippen molar-refractivity contribution in [2.75, 3.05) is 13.7 Å².